The fourth-order valence-corrected chi connectivity index (χ4v) is 5.15. The molecule has 0 aliphatic heterocycles. The molecule has 1 amide bonds. The van der Waals surface area contributed by atoms with E-state index in [0.29, 0.717) is 35.3 Å². The lowest BCUT2D eigenvalue weighted by Crippen LogP contribution is -2.15. The van der Waals surface area contributed by atoms with E-state index >= 15 is 0 Å². The molecule has 1 unspecified atom stereocenters. The molecular weight excluding hydrogens is 414 g/mol. The van der Waals surface area contributed by atoms with Gasteiger partial charge in [0.05, 0.1) is 25.9 Å². The summed E-state index contributed by atoms with van der Waals surface area (Å²) in [5, 5.41) is 3.46. The van der Waals surface area contributed by atoms with E-state index in [1.54, 1.807) is 20.1 Å². The Morgan fingerprint density at radius 3 is 2.74 bits per heavy atom. The molecule has 0 bridgehead atoms. The molecule has 31 heavy (non-hydrogen) atoms. The van der Waals surface area contributed by atoms with Gasteiger partial charge in [0.2, 0.25) is 5.91 Å². The Balaban J connectivity index is 1.81. The Hall–Kier alpha value is -2.80. The van der Waals surface area contributed by atoms with Gasteiger partial charge in [-0.15, -0.1) is 11.3 Å². The van der Waals surface area contributed by atoms with Crippen molar-refractivity contribution >= 4 is 34.3 Å². The number of ether oxygens (including phenoxy) is 3. The highest BCUT2D eigenvalue weighted by molar-refractivity contribution is 7.17. The van der Waals surface area contributed by atoms with Crippen LogP contribution in [-0.2, 0) is 16.0 Å². The zero-order valence-corrected chi connectivity index (χ0v) is 19.3. The summed E-state index contributed by atoms with van der Waals surface area (Å²) in [7, 11) is 1.58. The van der Waals surface area contributed by atoms with Crippen LogP contribution in [0, 0.1) is 0 Å². The average Bonchev–Trinajstić information content (AvgIpc) is 3.12. The second-order valence-electron chi connectivity index (χ2n) is 7.32. The van der Waals surface area contributed by atoms with Crippen molar-refractivity contribution in [3.05, 3.63) is 45.8 Å². The Morgan fingerprint density at radius 1 is 1.23 bits per heavy atom. The predicted molar refractivity (Wildman–Crippen MR) is 123 cm³/mol. The fourth-order valence-electron chi connectivity index (χ4n) is 3.79. The highest BCUT2D eigenvalue weighted by atomic mass is 32.1. The van der Waals surface area contributed by atoms with Gasteiger partial charge in [0.25, 0.3) is 0 Å². The quantitative estimate of drug-likeness (QED) is 0.435. The number of aryl methyl sites for hydroxylation is 1. The number of fused-ring (bicyclic) bond motifs is 1. The zero-order valence-electron chi connectivity index (χ0n) is 18.4. The Labute approximate surface area is 187 Å². The molecule has 0 saturated heterocycles. The maximum absolute atomic E-state index is 12.7. The number of thiophene rings is 1. The van der Waals surface area contributed by atoms with E-state index in [9.17, 15) is 9.59 Å². The molecular formula is C24H29NO5S. The van der Waals surface area contributed by atoms with Crippen LogP contribution in [0.2, 0.25) is 0 Å². The summed E-state index contributed by atoms with van der Waals surface area (Å²) >= 11 is 1.48. The van der Waals surface area contributed by atoms with Crippen LogP contribution in [0.15, 0.2) is 24.3 Å². The number of carbonyl (C=O) groups is 2. The SMILES string of the molecule is CCOC(=O)c1c(NC(=O)C=Cc2ccc(OCC)c(OC)c2)sc2c1C(C)CCC2. The standard InChI is InChI=1S/C24H29NO5S/c1-5-29-17-12-10-16(14-18(17)28-4)11-13-20(26)25-23-22(24(27)30-6-2)21-15(3)8-7-9-19(21)31-23/h10-15H,5-9H2,1-4H3,(H,25,26). The number of anilines is 1. The number of hydrogen-bond donors (Lipinski definition) is 1. The molecule has 0 spiro atoms. The molecule has 2 aromatic rings. The highest BCUT2D eigenvalue weighted by Crippen LogP contribution is 2.43. The van der Waals surface area contributed by atoms with Gasteiger partial charge < -0.3 is 19.5 Å². The van der Waals surface area contributed by atoms with Crippen molar-refractivity contribution in [3.63, 3.8) is 0 Å². The minimum atomic E-state index is -0.371. The molecule has 1 aromatic carbocycles. The van der Waals surface area contributed by atoms with Crippen molar-refractivity contribution in [1.29, 1.82) is 0 Å². The third-order valence-corrected chi connectivity index (χ3v) is 6.37. The predicted octanol–water partition coefficient (Wildman–Crippen LogP) is 5.42. The number of carbonyl (C=O) groups excluding carboxylic acids is 2. The van der Waals surface area contributed by atoms with Gasteiger partial charge in [-0.25, -0.2) is 4.79 Å². The van der Waals surface area contributed by atoms with Crippen molar-refractivity contribution in [2.75, 3.05) is 25.6 Å². The molecule has 0 fully saturated rings. The number of hydrogen-bond acceptors (Lipinski definition) is 6. The van der Waals surface area contributed by atoms with E-state index in [-0.39, 0.29) is 17.8 Å². The van der Waals surface area contributed by atoms with E-state index in [2.05, 4.69) is 12.2 Å². The largest absolute Gasteiger partial charge is 0.493 e. The first-order chi connectivity index (χ1) is 15.0. The van der Waals surface area contributed by atoms with Crippen LogP contribution >= 0.6 is 11.3 Å². The van der Waals surface area contributed by atoms with Crippen LogP contribution in [0.25, 0.3) is 6.08 Å². The lowest BCUT2D eigenvalue weighted by molar-refractivity contribution is -0.111. The van der Waals surface area contributed by atoms with Gasteiger partial charge in [-0.1, -0.05) is 13.0 Å². The average molecular weight is 444 g/mol. The summed E-state index contributed by atoms with van der Waals surface area (Å²) in [6, 6.07) is 5.48. The summed E-state index contributed by atoms with van der Waals surface area (Å²) in [5.41, 5.74) is 2.35. The number of rotatable bonds is 8. The third-order valence-electron chi connectivity index (χ3n) is 5.19. The maximum Gasteiger partial charge on any atom is 0.341 e. The van der Waals surface area contributed by atoms with Crippen LogP contribution < -0.4 is 14.8 Å². The van der Waals surface area contributed by atoms with Crippen molar-refractivity contribution in [2.24, 2.45) is 0 Å². The van der Waals surface area contributed by atoms with Gasteiger partial charge in [0.15, 0.2) is 11.5 Å². The molecule has 1 aromatic heterocycles. The summed E-state index contributed by atoms with van der Waals surface area (Å²) in [4.78, 5) is 26.5. The van der Waals surface area contributed by atoms with Gasteiger partial charge in [-0.05, 0) is 68.4 Å². The number of nitrogens with one attached hydrogen (secondary N) is 1. The second kappa shape index (κ2) is 10.5. The van der Waals surface area contributed by atoms with Crippen molar-refractivity contribution < 1.29 is 23.8 Å². The van der Waals surface area contributed by atoms with E-state index in [1.807, 2.05) is 25.1 Å². The molecule has 1 heterocycles. The van der Waals surface area contributed by atoms with Gasteiger partial charge >= 0.3 is 5.97 Å². The molecule has 0 saturated carbocycles. The lowest BCUT2D eigenvalue weighted by Gasteiger charge is -2.19. The second-order valence-corrected chi connectivity index (χ2v) is 8.43. The van der Waals surface area contributed by atoms with Crippen molar-refractivity contribution in [1.82, 2.24) is 0 Å². The molecule has 7 heteroatoms. The van der Waals surface area contributed by atoms with Gasteiger partial charge in [0, 0.05) is 11.0 Å². The number of amides is 1. The fraction of sp³-hybridized carbons (Fsp3) is 0.417. The molecule has 1 N–H and O–H groups in total. The zero-order chi connectivity index (χ0) is 22.4. The molecule has 166 valence electrons. The van der Waals surface area contributed by atoms with Crippen molar-refractivity contribution in [2.45, 2.75) is 46.0 Å². The third kappa shape index (κ3) is 5.28. The van der Waals surface area contributed by atoms with Gasteiger partial charge in [-0.2, -0.15) is 0 Å². The summed E-state index contributed by atoms with van der Waals surface area (Å²) in [5.74, 6) is 0.865. The first-order valence-electron chi connectivity index (χ1n) is 10.6. The van der Waals surface area contributed by atoms with E-state index in [0.717, 1.165) is 35.3 Å². The molecule has 1 atom stereocenters. The molecule has 3 rings (SSSR count). The smallest absolute Gasteiger partial charge is 0.341 e. The minimum absolute atomic E-state index is 0.275. The van der Waals surface area contributed by atoms with E-state index < -0.39 is 0 Å². The summed E-state index contributed by atoms with van der Waals surface area (Å²) < 4.78 is 16.2. The first-order valence-corrected chi connectivity index (χ1v) is 11.4. The summed E-state index contributed by atoms with van der Waals surface area (Å²) in [6.07, 6.45) is 6.20. The van der Waals surface area contributed by atoms with Gasteiger partial charge in [-0.3, -0.25) is 4.79 Å². The van der Waals surface area contributed by atoms with Crippen molar-refractivity contribution in [3.8, 4) is 11.5 Å². The maximum atomic E-state index is 12.7. The highest BCUT2D eigenvalue weighted by Gasteiger charge is 2.30. The normalized spacial score (nSPS) is 15.4. The Kier molecular flexibility index (Phi) is 7.74. The minimum Gasteiger partial charge on any atom is -0.493 e. The number of methoxy groups -OCH3 is 1. The van der Waals surface area contributed by atoms with Crippen LogP contribution in [0.5, 0.6) is 11.5 Å². The summed E-state index contributed by atoms with van der Waals surface area (Å²) in [6.45, 7) is 6.65. The Bertz CT molecular complexity index is 979. The van der Waals surface area contributed by atoms with Crippen LogP contribution in [-0.4, -0.2) is 32.2 Å². The molecule has 6 nitrogen and oxygen atoms in total. The van der Waals surface area contributed by atoms with Gasteiger partial charge in [0.1, 0.15) is 5.00 Å². The van der Waals surface area contributed by atoms with E-state index in [1.165, 1.54) is 17.4 Å². The molecule has 0 radical (unpaired) electrons. The van der Waals surface area contributed by atoms with Crippen LogP contribution in [0.1, 0.15) is 65.9 Å². The number of esters is 1. The molecule has 1 aliphatic carbocycles. The monoisotopic (exact) mass is 443 g/mol. The topological polar surface area (TPSA) is 73.9 Å². The number of benzene rings is 1. The van der Waals surface area contributed by atoms with Crippen LogP contribution in [0.4, 0.5) is 5.00 Å². The first kappa shape index (κ1) is 22.9. The van der Waals surface area contributed by atoms with E-state index in [4.69, 9.17) is 14.2 Å². The lowest BCUT2D eigenvalue weighted by atomic mass is 9.86. The van der Waals surface area contributed by atoms with Crippen LogP contribution in [0.3, 0.4) is 0 Å². The Morgan fingerprint density at radius 2 is 2.03 bits per heavy atom. The molecule has 1 aliphatic rings.